The van der Waals surface area contributed by atoms with Crippen LogP contribution in [0.2, 0.25) is 0 Å². The molecule has 1 aliphatic rings. The molecule has 2 atom stereocenters. The molecule has 5 N–H and O–H groups in total. The summed E-state index contributed by atoms with van der Waals surface area (Å²) < 4.78 is 61.7. The van der Waals surface area contributed by atoms with Gasteiger partial charge >= 0.3 is 6.18 Å². The standard InChI is InChI=1S/C28H32F4N6O2/c1-3-40-26-14-18(27(33)39)9-10-24(26)34-12-5-6-19-15-20-22(35-36-23-11-13-37(2)16-21(23)29)7-4-8-25(20)38(19)17-28(30,31)32/h4,7-10,14-15,21,23,34-36H,3,11-13,16-17H2,1-2H3,(H2,33,39)/t21-,23+/m0/s1. The maximum Gasteiger partial charge on any atom is 0.406 e. The van der Waals surface area contributed by atoms with E-state index in [9.17, 15) is 22.4 Å². The molecule has 0 bridgehead atoms. The Morgan fingerprint density at radius 1 is 1.20 bits per heavy atom. The average Bonchev–Trinajstić information content (AvgIpc) is 3.23. The summed E-state index contributed by atoms with van der Waals surface area (Å²) in [5.41, 5.74) is 13.3. The summed E-state index contributed by atoms with van der Waals surface area (Å²) >= 11 is 0. The second-order valence-corrected chi connectivity index (χ2v) is 9.58. The van der Waals surface area contributed by atoms with E-state index in [-0.39, 0.29) is 17.8 Å². The number of anilines is 2. The minimum absolute atomic E-state index is 0.101. The number of carbonyl (C=O) groups excluding carboxylic acids is 1. The van der Waals surface area contributed by atoms with Gasteiger partial charge in [-0.2, -0.15) is 13.2 Å². The topological polar surface area (TPSA) is 96.6 Å². The predicted octanol–water partition coefficient (Wildman–Crippen LogP) is 4.12. The molecule has 8 nitrogen and oxygen atoms in total. The molecule has 3 aromatic rings. The number of hydrazine groups is 1. The third kappa shape index (κ3) is 7.16. The Bertz CT molecular complexity index is 1410. The lowest BCUT2D eigenvalue weighted by molar-refractivity contribution is -0.140. The van der Waals surface area contributed by atoms with Crippen LogP contribution in [0.25, 0.3) is 10.9 Å². The molecule has 0 unspecified atom stereocenters. The maximum atomic E-state index is 14.5. The normalized spacial score (nSPS) is 17.8. The quantitative estimate of drug-likeness (QED) is 0.179. The van der Waals surface area contributed by atoms with Crippen molar-refractivity contribution in [2.75, 3.05) is 44.0 Å². The number of halogens is 4. The number of ether oxygens (including phenoxy) is 1. The van der Waals surface area contributed by atoms with Crippen LogP contribution in [0, 0.1) is 11.8 Å². The first kappa shape index (κ1) is 29.0. The van der Waals surface area contributed by atoms with E-state index in [0.29, 0.717) is 47.6 Å². The molecule has 0 saturated carbocycles. The minimum atomic E-state index is -4.47. The minimum Gasteiger partial charge on any atom is -0.492 e. The molecule has 0 spiro atoms. The summed E-state index contributed by atoms with van der Waals surface area (Å²) in [7, 11) is 1.86. The van der Waals surface area contributed by atoms with Gasteiger partial charge in [-0.3, -0.25) is 4.79 Å². The Balaban J connectivity index is 1.56. The van der Waals surface area contributed by atoms with Crippen molar-refractivity contribution < 1.29 is 27.1 Å². The zero-order valence-electron chi connectivity index (χ0n) is 22.2. The fourth-order valence-electron chi connectivity index (χ4n) is 4.61. The van der Waals surface area contributed by atoms with Crippen molar-refractivity contribution in [3.05, 3.63) is 53.7 Å². The van der Waals surface area contributed by atoms with E-state index in [1.807, 2.05) is 11.9 Å². The molecular weight excluding hydrogens is 528 g/mol. The van der Waals surface area contributed by atoms with Crippen molar-refractivity contribution in [3.63, 3.8) is 0 Å². The molecule has 0 radical (unpaired) electrons. The monoisotopic (exact) mass is 560 g/mol. The number of carbonyl (C=O) groups is 1. The van der Waals surface area contributed by atoms with Crippen molar-refractivity contribution in [2.45, 2.75) is 38.3 Å². The molecule has 1 aliphatic heterocycles. The smallest absolute Gasteiger partial charge is 0.406 e. The van der Waals surface area contributed by atoms with Gasteiger partial charge in [0.25, 0.3) is 0 Å². The first-order chi connectivity index (χ1) is 19.1. The van der Waals surface area contributed by atoms with Crippen LogP contribution >= 0.6 is 0 Å². The summed E-state index contributed by atoms with van der Waals surface area (Å²) in [5.74, 6) is 5.53. The molecule has 2 heterocycles. The number of benzene rings is 2. The lowest BCUT2D eigenvalue weighted by Gasteiger charge is -2.33. The fourth-order valence-corrected chi connectivity index (χ4v) is 4.61. The van der Waals surface area contributed by atoms with Gasteiger partial charge in [-0.1, -0.05) is 12.0 Å². The summed E-state index contributed by atoms with van der Waals surface area (Å²) in [4.78, 5) is 13.4. The number of primary amides is 1. The Morgan fingerprint density at radius 2 is 2.00 bits per heavy atom. The van der Waals surface area contributed by atoms with E-state index in [2.05, 4.69) is 28.0 Å². The van der Waals surface area contributed by atoms with Crippen LogP contribution in [-0.4, -0.2) is 67.1 Å². The van der Waals surface area contributed by atoms with Crippen LogP contribution in [0.5, 0.6) is 5.75 Å². The van der Waals surface area contributed by atoms with Crippen LogP contribution in [0.4, 0.5) is 28.9 Å². The lowest BCUT2D eigenvalue weighted by Crippen LogP contribution is -2.51. The molecule has 1 fully saturated rings. The van der Waals surface area contributed by atoms with Crippen molar-refractivity contribution in [2.24, 2.45) is 5.73 Å². The number of alkyl halides is 4. The number of hydrogen-bond acceptors (Lipinski definition) is 6. The third-order valence-corrected chi connectivity index (χ3v) is 6.57. The van der Waals surface area contributed by atoms with Gasteiger partial charge in [0.15, 0.2) is 0 Å². The number of piperidine rings is 1. The number of nitrogens with one attached hydrogen (secondary N) is 3. The highest BCUT2D eigenvalue weighted by Gasteiger charge is 2.30. The zero-order chi connectivity index (χ0) is 28.9. The van der Waals surface area contributed by atoms with Crippen molar-refractivity contribution >= 4 is 28.2 Å². The Kier molecular flexibility index (Phi) is 9.07. The second-order valence-electron chi connectivity index (χ2n) is 9.58. The van der Waals surface area contributed by atoms with Gasteiger partial charge in [-0.25, -0.2) is 9.82 Å². The molecule has 2 aromatic carbocycles. The number of nitrogens with zero attached hydrogens (tertiary/aromatic N) is 2. The molecule has 40 heavy (non-hydrogen) atoms. The van der Waals surface area contributed by atoms with Crippen LogP contribution in [-0.2, 0) is 6.54 Å². The van der Waals surface area contributed by atoms with E-state index >= 15 is 0 Å². The number of fused-ring (bicyclic) bond motifs is 1. The number of likely N-dealkylation sites (tertiary alicyclic amines) is 1. The Labute approximate surface area is 229 Å². The zero-order valence-corrected chi connectivity index (χ0v) is 22.2. The van der Waals surface area contributed by atoms with Crippen LogP contribution < -0.4 is 26.6 Å². The molecule has 0 aliphatic carbocycles. The van der Waals surface area contributed by atoms with Crippen molar-refractivity contribution in [3.8, 4) is 17.6 Å². The number of nitrogens with two attached hydrogens (primary N) is 1. The molecule has 1 amide bonds. The molecule has 12 heteroatoms. The first-order valence-electron chi connectivity index (χ1n) is 12.9. The van der Waals surface area contributed by atoms with Crippen LogP contribution in [0.15, 0.2) is 42.5 Å². The molecule has 214 valence electrons. The highest BCUT2D eigenvalue weighted by molar-refractivity contribution is 5.94. The second kappa shape index (κ2) is 12.5. The van der Waals surface area contributed by atoms with Gasteiger partial charge in [0.2, 0.25) is 5.91 Å². The Hall–Kier alpha value is -3.95. The average molecular weight is 561 g/mol. The van der Waals surface area contributed by atoms with Crippen LogP contribution in [0.3, 0.4) is 0 Å². The summed E-state index contributed by atoms with van der Waals surface area (Å²) in [6.45, 7) is 2.08. The van der Waals surface area contributed by atoms with Gasteiger partial charge in [0.05, 0.1) is 41.8 Å². The summed E-state index contributed by atoms with van der Waals surface area (Å²) in [6.07, 6.45) is -4.95. The number of hydrogen-bond donors (Lipinski definition) is 4. The van der Waals surface area contributed by atoms with Crippen molar-refractivity contribution in [1.82, 2.24) is 14.9 Å². The van der Waals surface area contributed by atoms with Gasteiger partial charge < -0.3 is 30.7 Å². The largest absolute Gasteiger partial charge is 0.492 e. The molecular formula is C28H32F4N6O2. The fraction of sp³-hybridized carbons (Fsp3) is 0.393. The van der Waals surface area contributed by atoms with Gasteiger partial charge in [-0.05, 0) is 69.3 Å². The number of rotatable bonds is 9. The highest BCUT2D eigenvalue weighted by atomic mass is 19.4. The van der Waals surface area contributed by atoms with Gasteiger partial charge in [0.1, 0.15) is 18.5 Å². The first-order valence-corrected chi connectivity index (χ1v) is 12.9. The SMILES string of the molecule is CCOc1cc(C(N)=O)ccc1NCC#Cc1cc2c(NN[C@@H]3CCN(C)C[C@@H]3F)cccc2n1CC(F)(F)F. The van der Waals surface area contributed by atoms with E-state index in [4.69, 9.17) is 10.5 Å². The maximum absolute atomic E-state index is 14.5. The van der Waals surface area contributed by atoms with Crippen LogP contribution in [0.1, 0.15) is 29.4 Å². The van der Waals surface area contributed by atoms with E-state index in [0.717, 1.165) is 11.1 Å². The molecule has 1 aromatic heterocycles. The van der Waals surface area contributed by atoms with E-state index < -0.39 is 30.8 Å². The summed E-state index contributed by atoms with van der Waals surface area (Å²) in [6, 6.07) is 10.8. The lowest BCUT2D eigenvalue weighted by atomic mass is 10.0. The number of aromatic nitrogens is 1. The summed E-state index contributed by atoms with van der Waals surface area (Å²) in [5, 5.41) is 3.60. The van der Waals surface area contributed by atoms with Crippen molar-refractivity contribution in [1.29, 1.82) is 0 Å². The Morgan fingerprint density at radius 3 is 2.70 bits per heavy atom. The van der Waals surface area contributed by atoms with E-state index in [1.54, 1.807) is 43.3 Å². The third-order valence-electron chi connectivity index (χ3n) is 6.57. The highest BCUT2D eigenvalue weighted by Crippen LogP contribution is 2.30. The molecule has 4 rings (SSSR count). The molecule has 1 saturated heterocycles. The number of amides is 1. The van der Waals surface area contributed by atoms with Gasteiger partial charge in [0, 0.05) is 17.5 Å². The van der Waals surface area contributed by atoms with Gasteiger partial charge in [-0.15, -0.1) is 0 Å². The van der Waals surface area contributed by atoms with E-state index in [1.165, 1.54) is 6.07 Å². The predicted molar refractivity (Wildman–Crippen MR) is 147 cm³/mol.